The van der Waals surface area contributed by atoms with Gasteiger partial charge in [0, 0.05) is 29.4 Å². The number of ether oxygens (including phenoxy) is 1. The van der Waals surface area contributed by atoms with Crippen LogP contribution < -0.4 is 10.6 Å². The fourth-order valence-corrected chi connectivity index (χ4v) is 3.16. The van der Waals surface area contributed by atoms with Gasteiger partial charge >= 0.3 is 6.09 Å². The molecular formula is C19H27N5O2. The minimum absolute atomic E-state index is 0.0531. The molecule has 0 unspecified atom stereocenters. The summed E-state index contributed by atoms with van der Waals surface area (Å²) in [5, 5.41) is 13.6. The van der Waals surface area contributed by atoms with Crippen molar-refractivity contribution in [2.75, 3.05) is 5.32 Å². The summed E-state index contributed by atoms with van der Waals surface area (Å²) in [7, 11) is 0. The molecule has 0 spiro atoms. The first kappa shape index (κ1) is 18.2. The first-order chi connectivity index (χ1) is 12.3. The van der Waals surface area contributed by atoms with Crippen LogP contribution in [0.1, 0.15) is 57.2 Å². The fourth-order valence-electron chi connectivity index (χ4n) is 3.16. The van der Waals surface area contributed by atoms with Crippen LogP contribution in [0.3, 0.4) is 0 Å². The Hall–Kier alpha value is -2.57. The van der Waals surface area contributed by atoms with Crippen molar-refractivity contribution < 1.29 is 9.53 Å². The van der Waals surface area contributed by atoms with E-state index in [1.165, 1.54) is 0 Å². The van der Waals surface area contributed by atoms with Crippen molar-refractivity contribution in [1.82, 2.24) is 20.5 Å². The van der Waals surface area contributed by atoms with Gasteiger partial charge in [0.25, 0.3) is 0 Å². The van der Waals surface area contributed by atoms with Gasteiger partial charge < -0.3 is 15.4 Å². The first-order valence-electron chi connectivity index (χ1n) is 9.02. The number of pyridine rings is 1. The van der Waals surface area contributed by atoms with Crippen molar-refractivity contribution in [1.29, 1.82) is 0 Å². The molecule has 2 atom stereocenters. The number of hydrogen-bond donors (Lipinski definition) is 3. The lowest BCUT2D eigenvalue weighted by atomic mass is 10.0. The molecule has 1 fully saturated rings. The molecule has 1 amide bonds. The van der Waals surface area contributed by atoms with Gasteiger partial charge in [0.05, 0.1) is 11.9 Å². The van der Waals surface area contributed by atoms with E-state index in [1.807, 2.05) is 39.8 Å². The number of amides is 1. The Balaban J connectivity index is 1.56. The molecule has 1 aliphatic carbocycles. The SMILES string of the molecule is Cc1ccncc1Nc1cc([C@H]2CC[C@@H](OC(=O)NC(C)(C)C)C2)[nH]n1. The van der Waals surface area contributed by atoms with Crippen LogP contribution in [0.15, 0.2) is 24.5 Å². The van der Waals surface area contributed by atoms with Crippen LogP contribution in [-0.4, -0.2) is 32.9 Å². The Morgan fingerprint density at radius 3 is 2.88 bits per heavy atom. The molecule has 3 N–H and O–H groups in total. The van der Waals surface area contributed by atoms with Crippen molar-refractivity contribution in [3.8, 4) is 0 Å². The van der Waals surface area contributed by atoms with Crippen LogP contribution in [0.2, 0.25) is 0 Å². The lowest BCUT2D eigenvalue weighted by Gasteiger charge is -2.22. The molecule has 2 aromatic rings. The van der Waals surface area contributed by atoms with E-state index in [1.54, 1.807) is 12.4 Å². The highest BCUT2D eigenvalue weighted by Gasteiger charge is 2.30. The summed E-state index contributed by atoms with van der Waals surface area (Å²) in [5.41, 5.74) is 2.83. The van der Waals surface area contributed by atoms with Gasteiger partial charge in [-0.1, -0.05) is 0 Å². The van der Waals surface area contributed by atoms with Crippen molar-refractivity contribution in [3.05, 3.63) is 35.8 Å². The smallest absolute Gasteiger partial charge is 0.407 e. The van der Waals surface area contributed by atoms with E-state index < -0.39 is 0 Å². The number of H-pyrrole nitrogens is 1. The number of hydrogen-bond acceptors (Lipinski definition) is 5. The molecule has 2 aromatic heterocycles. The van der Waals surface area contributed by atoms with Crippen LogP contribution in [-0.2, 0) is 4.74 Å². The van der Waals surface area contributed by atoms with E-state index in [-0.39, 0.29) is 17.7 Å². The summed E-state index contributed by atoms with van der Waals surface area (Å²) in [4.78, 5) is 16.1. The highest BCUT2D eigenvalue weighted by molar-refractivity contribution is 5.68. The summed E-state index contributed by atoms with van der Waals surface area (Å²) in [6.07, 6.45) is 5.81. The third kappa shape index (κ3) is 4.74. The van der Waals surface area contributed by atoms with E-state index >= 15 is 0 Å². The van der Waals surface area contributed by atoms with Gasteiger partial charge in [-0.15, -0.1) is 0 Å². The van der Waals surface area contributed by atoms with Crippen molar-refractivity contribution in [3.63, 3.8) is 0 Å². The number of alkyl carbamates (subject to hydrolysis) is 1. The average molecular weight is 357 g/mol. The summed E-state index contributed by atoms with van der Waals surface area (Å²) in [5.74, 6) is 1.09. The second-order valence-corrected chi connectivity index (χ2v) is 7.94. The molecule has 7 heteroatoms. The molecule has 140 valence electrons. The van der Waals surface area contributed by atoms with Crippen LogP contribution in [0.4, 0.5) is 16.3 Å². The Bertz CT molecular complexity index is 765. The van der Waals surface area contributed by atoms with E-state index in [0.717, 1.165) is 42.0 Å². The maximum atomic E-state index is 11.9. The van der Waals surface area contributed by atoms with E-state index in [0.29, 0.717) is 5.92 Å². The molecule has 3 rings (SSSR count). The quantitative estimate of drug-likeness (QED) is 0.769. The Morgan fingerprint density at radius 1 is 1.35 bits per heavy atom. The molecule has 0 bridgehead atoms. The maximum absolute atomic E-state index is 11.9. The van der Waals surface area contributed by atoms with Crippen LogP contribution in [0.25, 0.3) is 0 Å². The number of nitrogens with one attached hydrogen (secondary N) is 3. The average Bonchev–Trinajstić information content (AvgIpc) is 3.17. The highest BCUT2D eigenvalue weighted by atomic mass is 16.6. The first-order valence-corrected chi connectivity index (χ1v) is 9.02. The monoisotopic (exact) mass is 357 g/mol. The minimum Gasteiger partial charge on any atom is -0.446 e. The molecule has 2 heterocycles. The number of aryl methyl sites for hydroxylation is 1. The predicted molar refractivity (Wildman–Crippen MR) is 101 cm³/mol. The van der Waals surface area contributed by atoms with E-state index in [9.17, 15) is 4.79 Å². The molecule has 1 saturated carbocycles. The standard InChI is InChI=1S/C19H27N5O2/c1-12-7-8-20-11-16(12)21-17-10-15(23-24-17)13-5-6-14(9-13)26-18(25)22-19(2,3)4/h7-8,10-11,13-14H,5-6,9H2,1-4H3,(H,22,25)(H2,21,23,24)/t13-,14+/m0/s1. The predicted octanol–water partition coefficient (Wildman–Crippen LogP) is 4.02. The number of anilines is 2. The zero-order chi connectivity index (χ0) is 18.7. The van der Waals surface area contributed by atoms with Crippen molar-refractivity contribution >= 4 is 17.6 Å². The van der Waals surface area contributed by atoms with Gasteiger partial charge in [-0.05, 0) is 58.6 Å². The third-order valence-corrected chi connectivity index (χ3v) is 4.47. The van der Waals surface area contributed by atoms with Gasteiger partial charge in [0.15, 0.2) is 5.82 Å². The molecule has 1 aliphatic rings. The normalized spacial score (nSPS) is 20.0. The third-order valence-electron chi connectivity index (χ3n) is 4.47. The Kier molecular flexibility index (Phi) is 5.15. The van der Waals surface area contributed by atoms with Crippen LogP contribution in [0, 0.1) is 6.92 Å². The van der Waals surface area contributed by atoms with Gasteiger partial charge in [-0.3, -0.25) is 10.1 Å². The summed E-state index contributed by atoms with van der Waals surface area (Å²) in [6, 6.07) is 3.98. The van der Waals surface area contributed by atoms with Gasteiger partial charge in [-0.2, -0.15) is 5.10 Å². The number of aromatic amines is 1. The second kappa shape index (κ2) is 7.35. The number of aromatic nitrogens is 3. The Labute approximate surface area is 153 Å². The van der Waals surface area contributed by atoms with Gasteiger partial charge in [0.2, 0.25) is 0 Å². The van der Waals surface area contributed by atoms with E-state index in [2.05, 4.69) is 25.8 Å². The fraction of sp³-hybridized carbons (Fsp3) is 0.526. The van der Waals surface area contributed by atoms with Gasteiger partial charge in [0.1, 0.15) is 6.10 Å². The molecule has 0 radical (unpaired) electrons. The number of rotatable bonds is 4. The lowest BCUT2D eigenvalue weighted by Crippen LogP contribution is -2.42. The molecule has 26 heavy (non-hydrogen) atoms. The zero-order valence-corrected chi connectivity index (χ0v) is 15.8. The second-order valence-electron chi connectivity index (χ2n) is 7.94. The molecule has 0 aromatic carbocycles. The number of carbonyl (C=O) groups is 1. The molecular weight excluding hydrogens is 330 g/mol. The minimum atomic E-state index is -0.345. The Morgan fingerprint density at radius 2 is 2.15 bits per heavy atom. The molecule has 0 aliphatic heterocycles. The topological polar surface area (TPSA) is 91.9 Å². The van der Waals surface area contributed by atoms with E-state index in [4.69, 9.17) is 4.74 Å². The maximum Gasteiger partial charge on any atom is 0.407 e. The summed E-state index contributed by atoms with van der Waals surface area (Å²) in [6.45, 7) is 7.84. The van der Waals surface area contributed by atoms with Gasteiger partial charge in [-0.25, -0.2) is 4.79 Å². The lowest BCUT2D eigenvalue weighted by molar-refractivity contribution is 0.0937. The zero-order valence-electron chi connectivity index (χ0n) is 15.8. The largest absolute Gasteiger partial charge is 0.446 e. The highest BCUT2D eigenvalue weighted by Crippen LogP contribution is 2.36. The van der Waals surface area contributed by atoms with Crippen molar-refractivity contribution in [2.24, 2.45) is 0 Å². The summed E-state index contributed by atoms with van der Waals surface area (Å²) >= 11 is 0. The molecule has 0 saturated heterocycles. The molecule has 7 nitrogen and oxygen atoms in total. The number of carbonyl (C=O) groups excluding carboxylic acids is 1. The van der Waals surface area contributed by atoms with Crippen molar-refractivity contribution in [2.45, 2.75) is 64.5 Å². The summed E-state index contributed by atoms with van der Waals surface area (Å²) < 4.78 is 5.55. The van der Waals surface area contributed by atoms with Crippen LogP contribution >= 0.6 is 0 Å². The number of nitrogens with zero attached hydrogens (tertiary/aromatic N) is 2. The van der Waals surface area contributed by atoms with Crippen LogP contribution in [0.5, 0.6) is 0 Å².